The first-order valence-corrected chi connectivity index (χ1v) is 9.41. The first-order valence-electron chi connectivity index (χ1n) is 8.59. The molecule has 2 amide bonds. The SMILES string of the molecule is CCc1cnc(CCNC(=O)N2CCC[C@H]2c2c(C)n[nH]c2C)s1. The predicted octanol–water partition coefficient (Wildman–Crippen LogP) is 3.13. The minimum atomic E-state index is 0.0183. The third-order valence-electron chi connectivity index (χ3n) is 4.60. The Labute approximate surface area is 146 Å². The summed E-state index contributed by atoms with van der Waals surface area (Å²) >= 11 is 1.73. The minimum Gasteiger partial charge on any atom is -0.338 e. The molecule has 6 nitrogen and oxygen atoms in total. The van der Waals surface area contributed by atoms with Crippen LogP contribution >= 0.6 is 11.3 Å². The van der Waals surface area contributed by atoms with Crippen molar-refractivity contribution in [2.45, 2.75) is 52.5 Å². The highest BCUT2D eigenvalue weighted by Crippen LogP contribution is 2.34. The van der Waals surface area contributed by atoms with Gasteiger partial charge in [-0.05, 0) is 33.1 Å². The molecular weight excluding hydrogens is 322 g/mol. The van der Waals surface area contributed by atoms with E-state index in [1.54, 1.807) is 11.3 Å². The second kappa shape index (κ2) is 7.34. The fourth-order valence-electron chi connectivity index (χ4n) is 3.37. The van der Waals surface area contributed by atoms with E-state index in [-0.39, 0.29) is 12.1 Å². The summed E-state index contributed by atoms with van der Waals surface area (Å²) < 4.78 is 0. The molecule has 1 aliphatic rings. The topological polar surface area (TPSA) is 73.9 Å². The van der Waals surface area contributed by atoms with Gasteiger partial charge in [-0.3, -0.25) is 5.10 Å². The Bertz CT molecular complexity index is 688. The molecule has 7 heteroatoms. The quantitative estimate of drug-likeness (QED) is 0.872. The van der Waals surface area contributed by atoms with Crippen LogP contribution in [0, 0.1) is 13.8 Å². The third kappa shape index (κ3) is 3.45. The number of nitrogens with one attached hydrogen (secondary N) is 2. The van der Waals surface area contributed by atoms with Crippen molar-refractivity contribution in [1.29, 1.82) is 0 Å². The molecular formula is C17H25N5OS. The van der Waals surface area contributed by atoms with Gasteiger partial charge in [0.05, 0.1) is 16.7 Å². The lowest BCUT2D eigenvalue weighted by atomic mass is 10.0. The molecule has 1 atom stereocenters. The first kappa shape index (κ1) is 17.0. The summed E-state index contributed by atoms with van der Waals surface area (Å²) in [5, 5.41) is 11.5. The summed E-state index contributed by atoms with van der Waals surface area (Å²) in [5.74, 6) is 0. The van der Waals surface area contributed by atoms with Crippen LogP contribution in [-0.2, 0) is 12.8 Å². The Morgan fingerprint density at radius 3 is 3.00 bits per heavy atom. The molecule has 2 aromatic heterocycles. The molecule has 0 aliphatic carbocycles. The number of hydrogen-bond acceptors (Lipinski definition) is 4. The fourth-order valence-corrected chi connectivity index (χ4v) is 4.23. The van der Waals surface area contributed by atoms with E-state index in [0.29, 0.717) is 6.54 Å². The Kier molecular flexibility index (Phi) is 5.18. The number of urea groups is 1. The zero-order valence-electron chi connectivity index (χ0n) is 14.6. The summed E-state index contributed by atoms with van der Waals surface area (Å²) in [6.07, 6.45) is 5.78. The molecule has 0 bridgehead atoms. The van der Waals surface area contributed by atoms with Crippen molar-refractivity contribution < 1.29 is 4.79 Å². The molecule has 130 valence electrons. The number of likely N-dealkylation sites (tertiary alicyclic amines) is 1. The van der Waals surface area contributed by atoms with E-state index in [9.17, 15) is 4.79 Å². The predicted molar refractivity (Wildman–Crippen MR) is 95.3 cm³/mol. The number of hydrogen-bond donors (Lipinski definition) is 2. The number of nitrogens with zero attached hydrogens (tertiary/aromatic N) is 3. The number of aromatic amines is 1. The minimum absolute atomic E-state index is 0.0183. The maximum Gasteiger partial charge on any atom is 0.317 e. The summed E-state index contributed by atoms with van der Waals surface area (Å²) in [6, 6.07) is 0.153. The Morgan fingerprint density at radius 2 is 2.33 bits per heavy atom. The van der Waals surface area contributed by atoms with Gasteiger partial charge in [-0.1, -0.05) is 6.92 Å². The van der Waals surface area contributed by atoms with Crippen LogP contribution in [0.1, 0.15) is 52.6 Å². The van der Waals surface area contributed by atoms with Gasteiger partial charge in [0.25, 0.3) is 0 Å². The van der Waals surface area contributed by atoms with Crippen molar-refractivity contribution in [3.05, 3.63) is 33.0 Å². The number of aryl methyl sites for hydroxylation is 3. The van der Waals surface area contributed by atoms with Gasteiger partial charge in [-0.15, -0.1) is 11.3 Å². The lowest BCUT2D eigenvalue weighted by Gasteiger charge is -2.25. The van der Waals surface area contributed by atoms with Gasteiger partial charge < -0.3 is 10.2 Å². The van der Waals surface area contributed by atoms with Crippen LogP contribution in [0.4, 0.5) is 4.79 Å². The highest BCUT2D eigenvalue weighted by Gasteiger charge is 2.32. The Balaban J connectivity index is 1.58. The van der Waals surface area contributed by atoms with E-state index in [0.717, 1.165) is 48.6 Å². The fraction of sp³-hybridized carbons (Fsp3) is 0.588. The van der Waals surface area contributed by atoms with Crippen LogP contribution in [0.3, 0.4) is 0 Å². The molecule has 0 spiro atoms. The second-order valence-corrected chi connectivity index (χ2v) is 7.45. The van der Waals surface area contributed by atoms with Crippen molar-refractivity contribution >= 4 is 17.4 Å². The smallest absolute Gasteiger partial charge is 0.317 e. The number of amides is 2. The molecule has 0 radical (unpaired) electrons. The van der Waals surface area contributed by atoms with Gasteiger partial charge in [0.1, 0.15) is 0 Å². The van der Waals surface area contributed by atoms with Gasteiger partial charge in [-0.2, -0.15) is 5.10 Å². The lowest BCUT2D eigenvalue weighted by Crippen LogP contribution is -2.40. The number of thiazole rings is 1. The average Bonchev–Trinajstić information content (AvgIpc) is 3.27. The maximum atomic E-state index is 12.6. The van der Waals surface area contributed by atoms with Crippen molar-refractivity contribution in [3.8, 4) is 0 Å². The molecule has 3 heterocycles. The number of aromatic nitrogens is 3. The maximum absolute atomic E-state index is 12.6. The van der Waals surface area contributed by atoms with Crippen LogP contribution in [0.25, 0.3) is 0 Å². The molecule has 1 aliphatic heterocycles. The van der Waals surface area contributed by atoms with E-state index in [2.05, 4.69) is 27.4 Å². The molecule has 1 fully saturated rings. The number of H-pyrrole nitrogens is 1. The number of carbonyl (C=O) groups is 1. The van der Waals surface area contributed by atoms with Gasteiger partial charge in [0, 0.05) is 41.8 Å². The number of rotatable bonds is 5. The average molecular weight is 347 g/mol. The zero-order chi connectivity index (χ0) is 17.1. The standard InChI is InChI=1S/C17H25N5OS/c1-4-13-10-19-15(24-13)7-8-18-17(23)22-9-5-6-14(22)16-11(2)20-21-12(16)3/h10,14H,4-9H2,1-3H3,(H,18,23)(H,20,21)/t14-/m0/s1. The van der Waals surface area contributed by atoms with Crippen LogP contribution in [-0.4, -0.2) is 39.2 Å². The van der Waals surface area contributed by atoms with Crippen LogP contribution in [0.2, 0.25) is 0 Å². The van der Waals surface area contributed by atoms with E-state index in [1.165, 1.54) is 10.4 Å². The summed E-state index contributed by atoms with van der Waals surface area (Å²) in [6.45, 7) is 7.59. The van der Waals surface area contributed by atoms with Crippen molar-refractivity contribution in [2.75, 3.05) is 13.1 Å². The van der Waals surface area contributed by atoms with Crippen molar-refractivity contribution in [2.24, 2.45) is 0 Å². The third-order valence-corrected chi connectivity index (χ3v) is 5.80. The van der Waals surface area contributed by atoms with E-state index >= 15 is 0 Å². The van der Waals surface area contributed by atoms with Gasteiger partial charge in [0.15, 0.2) is 0 Å². The molecule has 0 saturated carbocycles. The largest absolute Gasteiger partial charge is 0.338 e. The van der Waals surface area contributed by atoms with Gasteiger partial charge >= 0.3 is 6.03 Å². The molecule has 1 saturated heterocycles. The zero-order valence-corrected chi connectivity index (χ0v) is 15.4. The van der Waals surface area contributed by atoms with E-state index in [1.807, 2.05) is 24.9 Å². The highest BCUT2D eigenvalue weighted by atomic mass is 32.1. The Hall–Kier alpha value is -1.89. The van der Waals surface area contributed by atoms with Crippen LogP contribution in [0.15, 0.2) is 6.20 Å². The summed E-state index contributed by atoms with van der Waals surface area (Å²) in [5.41, 5.74) is 3.23. The van der Waals surface area contributed by atoms with E-state index in [4.69, 9.17) is 0 Å². The monoisotopic (exact) mass is 347 g/mol. The molecule has 0 unspecified atom stereocenters. The van der Waals surface area contributed by atoms with Gasteiger partial charge in [0.2, 0.25) is 0 Å². The van der Waals surface area contributed by atoms with Crippen LogP contribution in [0.5, 0.6) is 0 Å². The highest BCUT2D eigenvalue weighted by molar-refractivity contribution is 7.11. The summed E-state index contributed by atoms with van der Waals surface area (Å²) in [7, 11) is 0. The van der Waals surface area contributed by atoms with Crippen molar-refractivity contribution in [3.63, 3.8) is 0 Å². The van der Waals surface area contributed by atoms with Crippen LogP contribution < -0.4 is 5.32 Å². The van der Waals surface area contributed by atoms with Gasteiger partial charge in [-0.25, -0.2) is 9.78 Å². The number of carbonyl (C=O) groups excluding carboxylic acids is 1. The second-order valence-electron chi connectivity index (χ2n) is 6.25. The normalized spacial score (nSPS) is 17.5. The van der Waals surface area contributed by atoms with Crippen molar-refractivity contribution in [1.82, 2.24) is 25.4 Å². The summed E-state index contributed by atoms with van der Waals surface area (Å²) in [4.78, 5) is 20.2. The first-order chi connectivity index (χ1) is 11.6. The van der Waals surface area contributed by atoms with E-state index < -0.39 is 0 Å². The Morgan fingerprint density at radius 1 is 1.50 bits per heavy atom. The molecule has 24 heavy (non-hydrogen) atoms. The molecule has 3 rings (SSSR count). The lowest BCUT2D eigenvalue weighted by molar-refractivity contribution is 0.193. The molecule has 0 aromatic carbocycles. The molecule has 2 aromatic rings. The molecule has 2 N–H and O–H groups in total.